The third-order valence-corrected chi connectivity index (χ3v) is 4.20. The van der Waals surface area contributed by atoms with Crippen LogP contribution in [0, 0.1) is 6.92 Å². The maximum absolute atomic E-state index is 10.2. The summed E-state index contributed by atoms with van der Waals surface area (Å²) >= 11 is 1.61. The number of hydrogen-bond acceptors (Lipinski definition) is 7. The molecule has 0 aliphatic heterocycles. The number of aliphatic hydroxyl groups excluding tert-OH is 1. The number of benzene rings is 1. The highest BCUT2D eigenvalue weighted by atomic mass is 32.2. The zero-order valence-corrected chi connectivity index (χ0v) is 14.3. The van der Waals surface area contributed by atoms with Crippen molar-refractivity contribution in [3.63, 3.8) is 0 Å². The van der Waals surface area contributed by atoms with E-state index < -0.39 is 6.10 Å². The van der Waals surface area contributed by atoms with Gasteiger partial charge >= 0.3 is 0 Å². The Morgan fingerprint density at radius 1 is 1.38 bits per heavy atom. The molecule has 0 fully saturated rings. The molecular formula is C16H19N5O2S. The van der Waals surface area contributed by atoms with Crippen molar-refractivity contribution in [3.05, 3.63) is 42.4 Å². The number of aryl methyl sites for hydroxylation is 1. The van der Waals surface area contributed by atoms with E-state index in [1.165, 1.54) is 0 Å². The molecule has 0 radical (unpaired) electrons. The standard InChI is InChI=1S/C16H19N5O2S/c1-11-7-13(16-19-18-10-21(16)20-11)17-8-12(22)9-23-14-5-3-4-6-15(14)24-2/h3-7,10,12,17,22H,8-9H2,1-2H3/t12-/m1/s1. The molecule has 24 heavy (non-hydrogen) atoms. The molecule has 2 heterocycles. The maximum atomic E-state index is 10.2. The SMILES string of the molecule is CSc1ccccc1OC[C@H](O)CNc1cc(C)nn2cnnc12. The predicted octanol–water partition coefficient (Wildman–Crippen LogP) is 2.01. The molecule has 3 rings (SSSR count). The molecule has 0 bridgehead atoms. The zero-order valence-electron chi connectivity index (χ0n) is 13.5. The summed E-state index contributed by atoms with van der Waals surface area (Å²) < 4.78 is 7.32. The Hall–Kier alpha value is -2.32. The average molecular weight is 345 g/mol. The van der Waals surface area contributed by atoms with Crippen molar-refractivity contribution in [2.24, 2.45) is 0 Å². The summed E-state index contributed by atoms with van der Waals surface area (Å²) in [4.78, 5) is 1.05. The number of para-hydroxylation sites is 1. The van der Waals surface area contributed by atoms with Crippen LogP contribution in [-0.4, -0.2) is 50.4 Å². The third-order valence-electron chi connectivity index (χ3n) is 3.42. The highest BCUT2D eigenvalue weighted by Gasteiger charge is 2.10. The lowest BCUT2D eigenvalue weighted by atomic mass is 10.3. The highest BCUT2D eigenvalue weighted by Crippen LogP contribution is 2.26. The minimum absolute atomic E-state index is 0.206. The molecule has 3 aromatic rings. The van der Waals surface area contributed by atoms with Gasteiger partial charge in [-0.25, -0.2) is 0 Å². The second kappa shape index (κ2) is 7.50. The molecule has 126 valence electrons. The lowest BCUT2D eigenvalue weighted by Crippen LogP contribution is -2.26. The van der Waals surface area contributed by atoms with Crippen LogP contribution in [0.1, 0.15) is 5.69 Å². The summed E-state index contributed by atoms with van der Waals surface area (Å²) in [6.07, 6.45) is 2.89. The maximum Gasteiger partial charge on any atom is 0.200 e. The van der Waals surface area contributed by atoms with Gasteiger partial charge in [-0.3, -0.25) is 0 Å². The number of aliphatic hydroxyl groups is 1. The molecule has 8 heteroatoms. The van der Waals surface area contributed by atoms with Gasteiger partial charge in [0.05, 0.1) is 11.4 Å². The molecule has 0 aliphatic carbocycles. The Morgan fingerprint density at radius 3 is 3.04 bits per heavy atom. The number of thioether (sulfide) groups is 1. The lowest BCUT2D eigenvalue weighted by molar-refractivity contribution is 0.116. The van der Waals surface area contributed by atoms with Crippen LogP contribution in [0.4, 0.5) is 5.69 Å². The number of anilines is 1. The van der Waals surface area contributed by atoms with Crippen molar-refractivity contribution in [1.82, 2.24) is 19.8 Å². The van der Waals surface area contributed by atoms with Crippen LogP contribution >= 0.6 is 11.8 Å². The first-order chi connectivity index (χ1) is 11.7. The van der Waals surface area contributed by atoms with Crippen LogP contribution in [-0.2, 0) is 0 Å². The molecule has 1 atom stereocenters. The van der Waals surface area contributed by atoms with E-state index in [4.69, 9.17) is 4.74 Å². The highest BCUT2D eigenvalue weighted by molar-refractivity contribution is 7.98. The van der Waals surface area contributed by atoms with Crippen molar-refractivity contribution in [2.45, 2.75) is 17.9 Å². The van der Waals surface area contributed by atoms with E-state index in [0.717, 1.165) is 22.0 Å². The molecule has 0 saturated heterocycles. The fourth-order valence-electron chi connectivity index (χ4n) is 2.29. The van der Waals surface area contributed by atoms with Crippen molar-refractivity contribution >= 4 is 23.1 Å². The molecular weight excluding hydrogens is 326 g/mol. The van der Waals surface area contributed by atoms with Gasteiger partial charge in [0, 0.05) is 11.4 Å². The Labute approximate surface area is 144 Å². The Morgan fingerprint density at radius 2 is 2.21 bits per heavy atom. The second-order valence-corrected chi connectivity index (χ2v) is 6.14. The quantitative estimate of drug-likeness (QED) is 0.634. The fraction of sp³-hybridized carbons (Fsp3) is 0.312. The van der Waals surface area contributed by atoms with E-state index in [1.807, 2.05) is 43.5 Å². The van der Waals surface area contributed by atoms with Crippen molar-refractivity contribution < 1.29 is 9.84 Å². The van der Waals surface area contributed by atoms with Gasteiger partial charge in [0.2, 0.25) is 5.65 Å². The number of ether oxygens (including phenoxy) is 1. The number of rotatable bonds is 7. The number of hydrogen-bond donors (Lipinski definition) is 2. The van der Waals surface area contributed by atoms with Gasteiger partial charge in [0.1, 0.15) is 24.8 Å². The predicted molar refractivity (Wildman–Crippen MR) is 93.7 cm³/mol. The topological polar surface area (TPSA) is 84.6 Å². The van der Waals surface area contributed by atoms with Gasteiger partial charge in [-0.2, -0.15) is 9.61 Å². The lowest BCUT2D eigenvalue weighted by Gasteiger charge is -2.15. The zero-order chi connectivity index (χ0) is 16.9. The molecule has 0 unspecified atom stereocenters. The van der Waals surface area contributed by atoms with E-state index in [0.29, 0.717) is 12.2 Å². The van der Waals surface area contributed by atoms with Crippen molar-refractivity contribution in [3.8, 4) is 5.75 Å². The minimum atomic E-state index is -0.656. The monoisotopic (exact) mass is 345 g/mol. The fourth-order valence-corrected chi connectivity index (χ4v) is 2.84. The van der Waals surface area contributed by atoms with E-state index in [-0.39, 0.29) is 6.61 Å². The molecule has 2 N–H and O–H groups in total. The van der Waals surface area contributed by atoms with Gasteiger partial charge in [-0.05, 0) is 31.4 Å². The first-order valence-corrected chi connectivity index (χ1v) is 8.75. The van der Waals surface area contributed by atoms with Crippen LogP contribution in [0.3, 0.4) is 0 Å². The number of aromatic nitrogens is 4. The average Bonchev–Trinajstić information content (AvgIpc) is 3.06. The summed E-state index contributed by atoms with van der Waals surface area (Å²) in [7, 11) is 0. The Kier molecular flexibility index (Phi) is 5.17. The van der Waals surface area contributed by atoms with Crippen LogP contribution < -0.4 is 10.1 Å². The van der Waals surface area contributed by atoms with Crippen LogP contribution in [0.2, 0.25) is 0 Å². The van der Waals surface area contributed by atoms with E-state index >= 15 is 0 Å². The second-order valence-electron chi connectivity index (χ2n) is 5.30. The molecule has 0 amide bonds. The third kappa shape index (κ3) is 3.77. The van der Waals surface area contributed by atoms with Crippen molar-refractivity contribution in [1.29, 1.82) is 0 Å². The summed E-state index contributed by atoms with van der Waals surface area (Å²) in [6, 6.07) is 9.65. The number of nitrogens with one attached hydrogen (secondary N) is 1. The number of nitrogens with zero attached hydrogens (tertiary/aromatic N) is 4. The smallest absolute Gasteiger partial charge is 0.200 e. The van der Waals surface area contributed by atoms with Crippen LogP contribution in [0.15, 0.2) is 41.6 Å². The first kappa shape index (κ1) is 16.5. The minimum Gasteiger partial charge on any atom is -0.490 e. The van der Waals surface area contributed by atoms with Gasteiger partial charge in [-0.1, -0.05) is 12.1 Å². The van der Waals surface area contributed by atoms with Gasteiger partial charge in [0.25, 0.3) is 0 Å². The van der Waals surface area contributed by atoms with Crippen LogP contribution in [0.5, 0.6) is 5.75 Å². The summed E-state index contributed by atoms with van der Waals surface area (Å²) in [5.41, 5.74) is 2.24. The van der Waals surface area contributed by atoms with Gasteiger partial charge in [-0.15, -0.1) is 22.0 Å². The van der Waals surface area contributed by atoms with Crippen molar-refractivity contribution in [2.75, 3.05) is 24.7 Å². The van der Waals surface area contributed by atoms with E-state index in [2.05, 4.69) is 20.6 Å². The van der Waals surface area contributed by atoms with Gasteiger partial charge in [0.15, 0.2) is 0 Å². The van der Waals surface area contributed by atoms with E-state index in [1.54, 1.807) is 22.6 Å². The molecule has 2 aromatic heterocycles. The normalized spacial score (nSPS) is 12.3. The summed E-state index contributed by atoms with van der Waals surface area (Å²) in [5, 5.41) is 25.5. The molecule has 0 aliphatic rings. The largest absolute Gasteiger partial charge is 0.490 e. The molecule has 7 nitrogen and oxygen atoms in total. The summed E-state index contributed by atoms with van der Waals surface area (Å²) in [6.45, 7) is 2.44. The Balaban J connectivity index is 1.59. The molecule has 0 spiro atoms. The van der Waals surface area contributed by atoms with Gasteiger partial charge < -0.3 is 15.2 Å². The number of fused-ring (bicyclic) bond motifs is 1. The Bertz CT molecular complexity index is 823. The van der Waals surface area contributed by atoms with Crippen LogP contribution in [0.25, 0.3) is 5.65 Å². The summed E-state index contributed by atoms with van der Waals surface area (Å²) in [5.74, 6) is 0.781. The molecule has 1 aromatic carbocycles. The molecule has 0 saturated carbocycles. The first-order valence-electron chi connectivity index (χ1n) is 7.53. The van der Waals surface area contributed by atoms with E-state index in [9.17, 15) is 5.11 Å².